The Labute approximate surface area is 142 Å². The molecule has 1 aliphatic heterocycles. The number of benzene rings is 2. The Kier molecular flexibility index (Phi) is 4.56. The van der Waals surface area contributed by atoms with E-state index in [0.29, 0.717) is 11.1 Å². The third-order valence-corrected chi connectivity index (χ3v) is 3.89. The van der Waals surface area contributed by atoms with E-state index in [-0.39, 0.29) is 19.4 Å². The molecule has 25 heavy (non-hydrogen) atoms. The van der Waals surface area contributed by atoms with Crippen LogP contribution in [-0.2, 0) is 4.79 Å². The maximum absolute atomic E-state index is 13.5. The Hall–Kier alpha value is -3.09. The Bertz CT molecular complexity index is 812. The van der Waals surface area contributed by atoms with E-state index in [9.17, 15) is 23.2 Å². The van der Waals surface area contributed by atoms with Crippen LogP contribution in [0.25, 0.3) is 0 Å². The fourth-order valence-electron chi connectivity index (χ4n) is 2.66. The molecule has 0 bridgehead atoms. The second kappa shape index (κ2) is 6.80. The molecule has 3 rings (SSSR count). The molecule has 3 amide bonds. The van der Waals surface area contributed by atoms with E-state index in [1.165, 1.54) is 6.07 Å². The van der Waals surface area contributed by atoms with Crippen molar-refractivity contribution in [2.75, 3.05) is 11.9 Å². The summed E-state index contributed by atoms with van der Waals surface area (Å²) in [5.74, 6) is -3.13. The van der Waals surface area contributed by atoms with E-state index in [0.717, 1.165) is 17.0 Å². The van der Waals surface area contributed by atoms with Gasteiger partial charge in [0, 0.05) is 13.0 Å². The van der Waals surface area contributed by atoms with Gasteiger partial charge in [0.05, 0.1) is 11.1 Å². The zero-order valence-corrected chi connectivity index (χ0v) is 13.1. The van der Waals surface area contributed by atoms with Crippen LogP contribution in [0.1, 0.15) is 33.6 Å². The predicted octanol–water partition coefficient (Wildman–Crippen LogP) is 2.98. The Morgan fingerprint density at radius 3 is 2.04 bits per heavy atom. The molecule has 2 aromatic rings. The Balaban J connectivity index is 1.56. The largest absolute Gasteiger partial charge is 0.321 e. The fraction of sp³-hybridized carbons (Fsp3) is 0.167. The summed E-state index contributed by atoms with van der Waals surface area (Å²) in [6.45, 7) is 0.0551. The lowest BCUT2D eigenvalue weighted by Gasteiger charge is -2.13. The molecule has 7 heteroatoms. The number of hydrogen-bond acceptors (Lipinski definition) is 3. The standard InChI is InChI=1S/C18H14F2N2O3/c19-13-7-3-8-14(20)16(13)21-15(23)9-4-10-22-17(24)11-5-1-2-6-12(11)18(22)25/h1-3,5-8H,4,9-10H2,(H,21,23). The second-order valence-corrected chi connectivity index (χ2v) is 5.56. The molecule has 128 valence electrons. The van der Waals surface area contributed by atoms with E-state index in [1.807, 2.05) is 0 Å². The van der Waals surface area contributed by atoms with Gasteiger partial charge in [0.1, 0.15) is 17.3 Å². The molecule has 0 aromatic heterocycles. The highest BCUT2D eigenvalue weighted by molar-refractivity contribution is 6.21. The van der Waals surface area contributed by atoms with E-state index in [4.69, 9.17) is 0 Å². The maximum atomic E-state index is 13.5. The van der Waals surface area contributed by atoms with Gasteiger partial charge in [0.15, 0.2) is 0 Å². The first-order valence-corrected chi connectivity index (χ1v) is 7.68. The van der Waals surface area contributed by atoms with Gasteiger partial charge in [0.2, 0.25) is 5.91 Å². The summed E-state index contributed by atoms with van der Waals surface area (Å²) in [4.78, 5) is 37.2. The summed E-state index contributed by atoms with van der Waals surface area (Å²) in [5, 5.41) is 2.17. The summed E-state index contributed by atoms with van der Waals surface area (Å²) in [6.07, 6.45) is 0.106. The molecule has 0 spiro atoms. The fourth-order valence-corrected chi connectivity index (χ4v) is 2.66. The zero-order chi connectivity index (χ0) is 18.0. The van der Waals surface area contributed by atoms with Gasteiger partial charge in [-0.25, -0.2) is 8.78 Å². The monoisotopic (exact) mass is 344 g/mol. The minimum atomic E-state index is -0.867. The van der Waals surface area contributed by atoms with Crippen molar-refractivity contribution < 1.29 is 23.2 Å². The molecule has 2 aromatic carbocycles. The molecule has 0 saturated heterocycles. The van der Waals surface area contributed by atoms with Crippen molar-refractivity contribution in [3.8, 4) is 0 Å². The zero-order valence-electron chi connectivity index (χ0n) is 13.1. The molecular formula is C18H14F2N2O3. The molecule has 0 unspecified atom stereocenters. The van der Waals surface area contributed by atoms with Gasteiger partial charge in [-0.3, -0.25) is 19.3 Å². The Morgan fingerprint density at radius 1 is 0.920 bits per heavy atom. The van der Waals surface area contributed by atoms with E-state index in [2.05, 4.69) is 5.32 Å². The van der Waals surface area contributed by atoms with Gasteiger partial charge in [-0.1, -0.05) is 18.2 Å². The number of amides is 3. The van der Waals surface area contributed by atoms with Crippen molar-refractivity contribution in [3.63, 3.8) is 0 Å². The molecule has 0 aliphatic carbocycles. The van der Waals surface area contributed by atoms with Crippen LogP contribution in [-0.4, -0.2) is 29.2 Å². The number of fused-ring (bicyclic) bond motifs is 1. The van der Waals surface area contributed by atoms with Crippen molar-refractivity contribution in [1.82, 2.24) is 4.90 Å². The van der Waals surface area contributed by atoms with Gasteiger partial charge in [-0.15, -0.1) is 0 Å². The average molecular weight is 344 g/mol. The number of hydrogen-bond donors (Lipinski definition) is 1. The molecule has 1 heterocycles. The number of imide groups is 1. The van der Waals surface area contributed by atoms with Gasteiger partial charge in [0.25, 0.3) is 11.8 Å². The quantitative estimate of drug-likeness (QED) is 0.848. The lowest BCUT2D eigenvalue weighted by Crippen LogP contribution is -2.31. The van der Waals surface area contributed by atoms with Gasteiger partial charge >= 0.3 is 0 Å². The van der Waals surface area contributed by atoms with Crippen molar-refractivity contribution in [2.24, 2.45) is 0 Å². The SMILES string of the molecule is O=C(CCCN1C(=O)c2ccccc2C1=O)Nc1c(F)cccc1F. The van der Waals surface area contributed by atoms with Crippen LogP contribution in [0.4, 0.5) is 14.5 Å². The first kappa shape index (κ1) is 16.8. The summed E-state index contributed by atoms with van der Waals surface area (Å²) in [7, 11) is 0. The molecule has 1 N–H and O–H groups in total. The minimum absolute atomic E-state index is 0.0551. The van der Waals surface area contributed by atoms with Crippen LogP contribution >= 0.6 is 0 Å². The van der Waals surface area contributed by atoms with Crippen molar-refractivity contribution >= 4 is 23.4 Å². The smallest absolute Gasteiger partial charge is 0.261 e. The number of anilines is 1. The summed E-state index contributed by atoms with van der Waals surface area (Å²) in [5.41, 5.74) is 0.170. The maximum Gasteiger partial charge on any atom is 0.261 e. The van der Waals surface area contributed by atoms with Crippen molar-refractivity contribution in [2.45, 2.75) is 12.8 Å². The molecule has 1 aliphatic rings. The van der Waals surface area contributed by atoms with E-state index < -0.39 is 35.0 Å². The molecule has 0 saturated carbocycles. The van der Waals surface area contributed by atoms with Crippen LogP contribution in [0.3, 0.4) is 0 Å². The van der Waals surface area contributed by atoms with Crippen LogP contribution in [0.2, 0.25) is 0 Å². The lowest BCUT2D eigenvalue weighted by atomic mass is 10.1. The van der Waals surface area contributed by atoms with Gasteiger partial charge < -0.3 is 5.32 Å². The molecule has 0 radical (unpaired) electrons. The number of para-hydroxylation sites is 1. The number of nitrogens with zero attached hydrogens (tertiary/aromatic N) is 1. The number of halogens is 2. The van der Waals surface area contributed by atoms with E-state index in [1.54, 1.807) is 24.3 Å². The molecule has 0 fully saturated rings. The predicted molar refractivity (Wildman–Crippen MR) is 86.0 cm³/mol. The number of carbonyl (C=O) groups is 3. The first-order chi connectivity index (χ1) is 12.0. The summed E-state index contributed by atoms with van der Waals surface area (Å²) >= 11 is 0. The van der Waals surface area contributed by atoms with E-state index >= 15 is 0 Å². The minimum Gasteiger partial charge on any atom is -0.321 e. The Morgan fingerprint density at radius 2 is 1.48 bits per heavy atom. The third kappa shape index (κ3) is 3.26. The highest BCUT2D eigenvalue weighted by Crippen LogP contribution is 2.23. The third-order valence-electron chi connectivity index (χ3n) is 3.89. The normalized spacial score (nSPS) is 13.1. The van der Waals surface area contributed by atoms with Crippen molar-refractivity contribution in [3.05, 3.63) is 65.2 Å². The van der Waals surface area contributed by atoms with Gasteiger partial charge in [-0.2, -0.15) is 0 Å². The number of carbonyl (C=O) groups excluding carboxylic acids is 3. The summed E-state index contributed by atoms with van der Waals surface area (Å²) < 4.78 is 27.0. The highest BCUT2D eigenvalue weighted by atomic mass is 19.1. The topological polar surface area (TPSA) is 66.5 Å². The molecular weight excluding hydrogens is 330 g/mol. The molecule has 0 atom stereocenters. The number of rotatable bonds is 5. The number of nitrogens with one attached hydrogen (secondary N) is 1. The highest BCUT2D eigenvalue weighted by Gasteiger charge is 2.34. The second-order valence-electron chi connectivity index (χ2n) is 5.56. The average Bonchev–Trinajstić information content (AvgIpc) is 2.84. The van der Waals surface area contributed by atoms with Gasteiger partial charge in [-0.05, 0) is 30.7 Å². The van der Waals surface area contributed by atoms with Crippen LogP contribution in [0.5, 0.6) is 0 Å². The van der Waals surface area contributed by atoms with Crippen LogP contribution in [0, 0.1) is 11.6 Å². The lowest BCUT2D eigenvalue weighted by molar-refractivity contribution is -0.116. The summed E-state index contributed by atoms with van der Waals surface area (Å²) in [6, 6.07) is 9.76. The van der Waals surface area contributed by atoms with Crippen LogP contribution < -0.4 is 5.32 Å². The first-order valence-electron chi connectivity index (χ1n) is 7.68. The molecule has 5 nitrogen and oxygen atoms in total. The van der Waals surface area contributed by atoms with Crippen LogP contribution in [0.15, 0.2) is 42.5 Å². The van der Waals surface area contributed by atoms with Crippen molar-refractivity contribution in [1.29, 1.82) is 0 Å².